The number of anilines is 1. The topological polar surface area (TPSA) is 131 Å². The van der Waals surface area contributed by atoms with E-state index in [1.807, 2.05) is 62.4 Å². The lowest BCUT2D eigenvalue weighted by molar-refractivity contribution is -0.123. The fourth-order valence-electron chi connectivity index (χ4n) is 5.92. The molecular formula is C36H41N7O5. The zero-order valence-electron chi connectivity index (χ0n) is 27.3. The third kappa shape index (κ3) is 7.66. The molecule has 0 aliphatic carbocycles. The first-order chi connectivity index (χ1) is 23.4. The van der Waals surface area contributed by atoms with Gasteiger partial charge in [-0.2, -0.15) is 5.10 Å². The van der Waals surface area contributed by atoms with Gasteiger partial charge in [0.25, 0.3) is 11.8 Å². The molecule has 0 unspecified atom stereocenters. The van der Waals surface area contributed by atoms with Crippen molar-refractivity contribution in [2.24, 2.45) is 5.92 Å². The largest absolute Gasteiger partial charge is 0.492 e. The molecule has 0 spiro atoms. The van der Waals surface area contributed by atoms with Gasteiger partial charge in [-0.25, -0.2) is 9.67 Å². The average Bonchev–Trinajstić information content (AvgIpc) is 3.54. The molecule has 6 rings (SSSR count). The van der Waals surface area contributed by atoms with Gasteiger partial charge in [0.05, 0.1) is 37.9 Å². The van der Waals surface area contributed by atoms with Gasteiger partial charge in [0, 0.05) is 43.0 Å². The van der Waals surface area contributed by atoms with Crippen LogP contribution in [0.25, 0.3) is 11.4 Å². The molecule has 2 aliphatic heterocycles. The van der Waals surface area contributed by atoms with Gasteiger partial charge < -0.3 is 29.9 Å². The smallest absolute Gasteiger partial charge is 0.256 e. The van der Waals surface area contributed by atoms with Gasteiger partial charge in [-0.05, 0) is 36.2 Å². The highest BCUT2D eigenvalue weighted by atomic mass is 16.5. The van der Waals surface area contributed by atoms with Crippen molar-refractivity contribution in [3.8, 4) is 17.1 Å². The van der Waals surface area contributed by atoms with Crippen LogP contribution in [-0.4, -0.2) is 89.9 Å². The van der Waals surface area contributed by atoms with E-state index in [0.29, 0.717) is 61.4 Å². The summed E-state index contributed by atoms with van der Waals surface area (Å²) in [5, 5.41) is 10.9. The van der Waals surface area contributed by atoms with E-state index in [9.17, 15) is 14.4 Å². The van der Waals surface area contributed by atoms with Crippen molar-refractivity contribution in [1.82, 2.24) is 30.3 Å². The summed E-state index contributed by atoms with van der Waals surface area (Å²) in [5.74, 6) is 0.668. The molecule has 3 amide bonds. The van der Waals surface area contributed by atoms with E-state index in [4.69, 9.17) is 19.6 Å². The number of amides is 3. The summed E-state index contributed by atoms with van der Waals surface area (Å²) in [6.45, 7) is 7.14. The number of benzene rings is 3. The summed E-state index contributed by atoms with van der Waals surface area (Å²) >= 11 is 0. The summed E-state index contributed by atoms with van der Waals surface area (Å²) < 4.78 is 13.3. The number of fused-ring (bicyclic) bond motifs is 3. The molecule has 3 aromatic carbocycles. The summed E-state index contributed by atoms with van der Waals surface area (Å²) in [6.07, 6.45) is 0. The number of carbonyl (C=O) groups is 3. The molecule has 48 heavy (non-hydrogen) atoms. The first kappa shape index (κ1) is 32.7. The molecule has 0 radical (unpaired) electrons. The fraction of sp³-hybridized carbons (Fsp3) is 0.361. The maximum atomic E-state index is 14.2. The highest BCUT2D eigenvalue weighted by Crippen LogP contribution is 2.26. The molecular weight excluding hydrogens is 610 g/mol. The Hall–Kier alpha value is -5.23. The molecule has 12 heteroatoms. The number of nitrogens with zero attached hydrogens (tertiary/aromatic N) is 5. The lowest BCUT2D eigenvalue weighted by Crippen LogP contribution is -2.46. The van der Waals surface area contributed by atoms with E-state index >= 15 is 0 Å². The number of rotatable bonds is 4. The van der Waals surface area contributed by atoms with Crippen molar-refractivity contribution in [3.05, 3.63) is 95.8 Å². The zero-order chi connectivity index (χ0) is 33.5. The zero-order valence-corrected chi connectivity index (χ0v) is 27.3. The van der Waals surface area contributed by atoms with Crippen LogP contribution < -0.4 is 20.3 Å². The molecule has 2 N–H and O–H groups in total. The monoisotopic (exact) mass is 651 g/mol. The van der Waals surface area contributed by atoms with Gasteiger partial charge in [-0.3, -0.25) is 14.4 Å². The quantitative estimate of drug-likeness (QED) is 0.343. The summed E-state index contributed by atoms with van der Waals surface area (Å²) in [7, 11) is 0. The number of para-hydroxylation sites is 1. The minimum absolute atomic E-state index is 0.0503. The molecule has 2 bridgehead atoms. The fourth-order valence-corrected chi connectivity index (χ4v) is 5.92. The van der Waals surface area contributed by atoms with Crippen LogP contribution in [0.3, 0.4) is 0 Å². The predicted molar refractivity (Wildman–Crippen MR) is 181 cm³/mol. The number of carbonyl (C=O) groups excluding carboxylic acids is 3. The van der Waals surface area contributed by atoms with Gasteiger partial charge in [0.1, 0.15) is 12.4 Å². The molecule has 4 aromatic rings. The van der Waals surface area contributed by atoms with Gasteiger partial charge >= 0.3 is 0 Å². The minimum atomic E-state index is -0.501. The van der Waals surface area contributed by atoms with E-state index in [0.717, 1.165) is 11.3 Å². The number of morpholine rings is 1. The third-order valence-corrected chi connectivity index (χ3v) is 8.44. The van der Waals surface area contributed by atoms with Crippen LogP contribution in [0.4, 0.5) is 5.69 Å². The molecule has 1 saturated heterocycles. The highest BCUT2D eigenvalue weighted by Gasteiger charge is 2.29. The van der Waals surface area contributed by atoms with E-state index in [2.05, 4.69) is 15.5 Å². The Morgan fingerprint density at radius 3 is 2.42 bits per heavy atom. The van der Waals surface area contributed by atoms with E-state index in [1.165, 1.54) is 4.90 Å². The van der Waals surface area contributed by atoms with Crippen molar-refractivity contribution in [3.63, 3.8) is 0 Å². The second-order valence-corrected chi connectivity index (χ2v) is 12.1. The van der Waals surface area contributed by atoms with Crippen molar-refractivity contribution in [1.29, 1.82) is 0 Å². The Labute approximate surface area is 280 Å². The highest BCUT2D eigenvalue weighted by molar-refractivity contribution is 6.01. The second-order valence-electron chi connectivity index (χ2n) is 12.1. The molecule has 1 atom stereocenters. The Morgan fingerprint density at radius 2 is 1.62 bits per heavy atom. The van der Waals surface area contributed by atoms with Crippen molar-refractivity contribution in [2.75, 3.05) is 57.4 Å². The average molecular weight is 652 g/mol. The van der Waals surface area contributed by atoms with Gasteiger partial charge in [-0.15, -0.1) is 0 Å². The van der Waals surface area contributed by atoms with Crippen molar-refractivity contribution >= 4 is 23.4 Å². The molecule has 1 aromatic heterocycles. The molecule has 3 heterocycles. The van der Waals surface area contributed by atoms with Gasteiger partial charge in [0.15, 0.2) is 11.6 Å². The second kappa shape index (κ2) is 15.1. The van der Waals surface area contributed by atoms with Crippen molar-refractivity contribution in [2.45, 2.75) is 26.4 Å². The number of aromatic nitrogens is 3. The number of ether oxygens (including phenoxy) is 2. The molecule has 12 nitrogen and oxygen atoms in total. The first-order valence-electron chi connectivity index (χ1n) is 16.4. The third-order valence-electron chi connectivity index (χ3n) is 8.44. The van der Waals surface area contributed by atoms with E-state index in [-0.39, 0.29) is 49.9 Å². The van der Waals surface area contributed by atoms with E-state index < -0.39 is 6.04 Å². The summed E-state index contributed by atoms with van der Waals surface area (Å²) in [4.78, 5) is 49.7. The van der Waals surface area contributed by atoms with Crippen LogP contribution in [0.2, 0.25) is 0 Å². The predicted octanol–water partition coefficient (Wildman–Crippen LogP) is 3.56. The number of nitrogens with one attached hydrogen (secondary N) is 2. The maximum absolute atomic E-state index is 14.2. The van der Waals surface area contributed by atoms with E-state index in [1.54, 1.807) is 35.0 Å². The van der Waals surface area contributed by atoms with Crippen molar-refractivity contribution < 1.29 is 23.9 Å². The molecule has 1 fully saturated rings. The van der Waals surface area contributed by atoms with Crippen LogP contribution >= 0.6 is 0 Å². The first-order valence-corrected chi connectivity index (χ1v) is 16.4. The minimum Gasteiger partial charge on any atom is -0.492 e. The Kier molecular flexibility index (Phi) is 10.3. The summed E-state index contributed by atoms with van der Waals surface area (Å²) in [5.41, 5.74) is 2.56. The molecule has 250 valence electrons. The van der Waals surface area contributed by atoms with Gasteiger partial charge in [-0.1, -0.05) is 62.4 Å². The number of hydrogen-bond acceptors (Lipinski definition) is 8. The lowest BCUT2D eigenvalue weighted by atomic mass is 10.0. The number of hydrogen-bond donors (Lipinski definition) is 2. The van der Waals surface area contributed by atoms with Crippen LogP contribution in [0.15, 0.2) is 78.9 Å². The van der Waals surface area contributed by atoms with Crippen LogP contribution in [-0.2, 0) is 16.1 Å². The SMILES string of the molecule is CC(C)[C@@H]1NC(=O)CN(C(=O)c2ccccc2N2CCOCC2)CCNC(=O)c2cccc(c2)OCCn2nc(-c3ccccc3)nc21. The maximum Gasteiger partial charge on any atom is 0.256 e. The summed E-state index contributed by atoms with van der Waals surface area (Å²) in [6, 6.07) is 23.5. The van der Waals surface area contributed by atoms with Crippen LogP contribution in [0.1, 0.15) is 46.4 Å². The van der Waals surface area contributed by atoms with Crippen LogP contribution in [0, 0.1) is 5.92 Å². The lowest BCUT2D eigenvalue weighted by Gasteiger charge is -2.32. The Bertz CT molecular complexity index is 1740. The Morgan fingerprint density at radius 1 is 0.875 bits per heavy atom. The van der Waals surface area contributed by atoms with Gasteiger partial charge in [0.2, 0.25) is 5.91 Å². The molecule has 0 saturated carbocycles. The standard InChI is InChI=1S/C36H41N7O5/c1-25(2)32-34-39-33(26-9-4-3-5-10-26)40-43(34)19-22-48-28-12-8-11-27(23-28)35(45)37-15-16-42(24-31(44)38-32)36(46)29-13-6-7-14-30(29)41-17-20-47-21-18-41/h3-14,23,25,32H,15-22,24H2,1-2H3,(H,37,45)(H,38,44)/t32-/m0/s1. The Balaban J connectivity index is 1.34. The van der Waals surface area contributed by atoms with Crippen LogP contribution in [0.5, 0.6) is 5.75 Å². The molecule has 2 aliphatic rings. The normalized spacial score (nSPS) is 17.9.